The lowest BCUT2D eigenvalue weighted by Crippen LogP contribution is -1.94. The van der Waals surface area contributed by atoms with E-state index in [2.05, 4.69) is 5.10 Å². The molecule has 1 heterocycles. The van der Waals surface area contributed by atoms with Gasteiger partial charge in [0.25, 0.3) is 0 Å². The minimum atomic E-state index is 0.662. The fourth-order valence-corrected chi connectivity index (χ4v) is 3.13. The lowest BCUT2D eigenvalue weighted by molar-refractivity contribution is 0.112. The topological polar surface area (TPSA) is 34.9 Å². The fourth-order valence-electron chi connectivity index (χ4n) is 1.72. The number of aromatic nitrogens is 2. The Bertz CT molecular complexity index is 580. The molecule has 5 heteroatoms. The monoisotopic (exact) mass is 280 g/mol. The standard InChI is InChI=1S/C13H13ClN2OS/c1-9-11(7-17)13(16(2)15-9)18-8-10-5-3-4-6-12(10)14/h3-7H,8H2,1-2H3. The van der Waals surface area contributed by atoms with E-state index < -0.39 is 0 Å². The molecule has 0 fully saturated rings. The van der Waals surface area contributed by atoms with Crippen molar-refractivity contribution in [1.29, 1.82) is 0 Å². The van der Waals surface area contributed by atoms with E-state index in [0.29, 0.717) is 5.56 Å². The van der Waals surface area contributed by atoms with Gasteiger partial charge in [0.1, 0.15) is 5.03 Å². The Morgan fingerprint density at radius 2 is 2.17 bits per heavy atom. The summed E-state index contributed by atoms with van der Waals surface area (Å²) in [5.74, 6) is 0.722. The summed E-state index contributed by atoms with van der Waals surface area (Å²) in [5.41, 5.74) is 2.48. The third-order valence-corrected chi connectivity index (χ3v) is 4.24. The zero-order valence-corrected chi connectivity index (χ0v) is 11.8. The molecular formula is C13H13ClN2OS. The second-order valence-corrected chi connectivity index (χ2v) is 5.30. The molecule has 1 aromatic carbocycles. The van der Waals surface area contributed by atoms with Crippen molar-refractivity contribution < 1.29 is 4.79 Å². The van der Waals surface area contributed by atoms with Gasteiger partial charge < -0.3 is 0 Å². The van der Waals surface area contributed by atoms with E-state index in [4.69, 9.17) is 11.6 Å². The number of carbonyl (C=O) groups excluding carboxylic acids is 1. The van der Waals surface area contributed by atoms with Crippen molar-refractivity contribution in [2.24, 2.45) is 7.05 Å². The van der Waals surface area contributed by atoms with Crippen LogP contribution >= 0.6 is 23.4 Å². The molecule has 0 amide bonds. The van der Waals surface area contributed by atoms with E-state index in [9.17, 15) is 4.79 Å². The summed E-state index contributed by atoms with van der Waals surface area (Å²) in [6.07, 6.45) is 0.858. The van der Waals surface area contributed by atoms with Crippen LogP contribution in [0.2, 0.25) is 5.02 Å². The second-order valence-electron chi connectivity index (χ2n) is 3.93. The highest BCUT2D eigenvalue weighted by atomic mass is 35.5. The van der Waals surface area contributed by atoms with Crippen LogP contribution in [-0.2, 0) is 12.8 Å². The van der Waals surface area contributed by atoms with Gasteiger partial charge >= 0.3 is 0 Å². The van der Waals surface area contributed by atoms with E-state index in [1.54, 1.807) is 16.4 Å². The number of hydrogen-bond donors (Lipinski definition) is 0. The molecule has 2 rings (SSSR count). The quantitative estimate of drug-likeness (QED) is 0.635. The molecule has 3 nitrogen and oxygen atoms in total. The van der Waals surface area contributed by atoms with Gasteiger partial charge in [-0.1, -0.05) is 29.8 Å². The largest absolute Gasteiger partial charge is 0.298 e. The maximum atomic E-state index is 11.0. The third kappa shape index (κ3) is 2.60. The Hall–Kier alpha value is -1.26. The predicted molar refractivity (Wildman–Crippen MR) is 74.3 cm³/mol. The molecule has 0 saturated carbocycles. The van der Waals surface area contributed by atoms with Crippen molar-refractivity contribution in [3.05, 3.63) is 46.1 Å². The molecule has 94 valence electrons. The maximum absolute atomic E-state index is 11.0. The first-order valence-electron chi connectivity index (χ1n) is 5.48. The van der Waals surface area contributed by atoms with E-state index in [0.717, 1.165) is 33.3 Å². The normalized spacial score (nSPS) is 10.6. The molecule has 0 unspecified atom stereocenters. The first-order valence-corrected chi connectivity index (χ1v) is 6.85. The highest BCUT2D eigenvalue weighted by molar-refractivity contribution is 7.98. The highest BCUT2D eigenvalue weighted by Gasteiger charge is 2.13. The van der Waals surface area contributed by atoms with Crippen LogP contribution < -0.4 is 0 Å². The van der Waals surface area contributed by atoms with Gasteiger partial charge in [-0.05, 0) is 18.6 Å². The highest BCUT2D eigenvalue weighted by Crippen LogP contribution is 2.29. The molecule has 18 heavy (non-hydrogen) atoms. The molecule has 0 aliphatic carbocycles. The SMILES string of the molecule is Cc1nn(C)c(SCc2ccccc2Cl)c1C=O. The number of rotatable bonds is 4. The van der Waals surface area contributed by atoms with Crippen LogP contribution in [0.15, 0.2) is 29.3 Å². The number of nitrogens with zero attached hydrogens (tertiary/aromatic N) is 2. The van der Waals surface area contributed by atoms with Crippen molar-refractivity contribution in [3.63, 3.8) is 0 Å². The maximum Gasteiger partial charge on any atom is 0.154 e. The number of benzene rings is 1. The van der Waals surface area contributed by atoms with Crippen molar-refractivity contribution in [1.82, 2.24) is 9.78 Å². The zero-order valence-electron chi connectivity index (χ0n) is 10.2. The van der Waals surface area contributed by atoms with Crippen LogP contribution in [0.4, 0.5) is 0 Å². The molecular weight excluding hydrogens is 268 g/mol. The van der Waals surface area contributed by atoms with Crippen LogP contribution in [0.5, 0.6) is 0 Å². The van der Waals surface area contributed by atoms with Gasteiger partial charge in [0, 0.05) is 17.8 Å². The van der Waals surface area contributed by atoms with Gasteiger partial charge in [0.15, 0.2) is 6.29 Å². The van der Waals surface area contributed by atoms with E-state index >= 15 is 0 Å². The number of thioether (sulfide) groups is 1. The minimum Gasteiger partial charge on any atom is -0.298 e. The molecule has 0 radical (unpaired) electrons. The average Bonchev–Trinajstić information content (AvgIpc) is 2.62. The Morgan fingerprint density at radius 3 is 2.83 bits per heavy atom. The van der Waals surface area contributed by atoms with Gasteiger partial charge in [0.2, 0.25) is 0 Å². The van der Waals surface area contributed by atoms with Crippen molar-refractivity contribution in [2.45, 2.75) is 17.7 Å². The second kappa shape index (κ2) is 5.59. The van der Waals surface area contributed by atoms with E-state index in [-0.39, 0.29) is 0 Å². The van der Waals surface area contributed by atoms with Crippen LogP contribution in [0.25, 0.3) is 0 Å². The molecule has 0 bridgehead atoms. The predicted octanol–water partition coefficient (Wildman–Crippen LogP) is 3.49. The molecule has 0 saturated heterocycles. The minimum absolute atomic E-state index is 0.662. The summed E-state index contributed by atoms with van der Waals surface area (Å²) < 4.78 is 1.74. The van der Waals surface area contributed by atoms with Gasteiger partial charge in [0.05, 0.1) is 11.3 Å². The molecule has 0 aliphatic rings. The Morgan fingerprint density at radius 1 is 1.44 bits per heavy atom. The van der Waals surface area contributed by atoms with Crippen molar-refractivity contribution >= 4 is 29.6 Å². The first kappa shape index (κ1) is 13.2. The summed E-state index contributed by atoms with van der Waals surface area (Å²) in [6.45, 7) is 1.84. The van der Waals surface area contributed by atoms with Gasteiger partial charge in [-0.25, -0.2) is 0 Å². The number of carbonyl (C=O) groups is 1. The van der Waals surface area contributed by atoms with Crippen LogP contribution in [0.3, 0.4) is 0 Å². The molecule has 0 aliphatic heterocycles. The number of aldehydes is 1. The summed E-state index contributed by atoms with van der Waals surface area (Å²) in [7, 11) is 1.84. The average molecular weight is 281 g/mol. The van der Waals surface area contributed by atoms with Crippen molar-refractivity contribution in [2.75, 3.05) is 0 Å². The molecule has 0 atom stereocenters. The van der Waals surface area contributed by atoms with Crippen LogP contribution in [0, 0.1) is 6.92 Å². The lowest BCUT2D eigenvalue weighted by Gasteiger charge is -2.05. The van der Waals surface area contributed by atoms with Crippen LogP contribution in [0.1, 0.15) is 21.6 Å². The Kier molecular flexibility index (Phi) is 4.09. The smallest absolute Gasteiger partial charge is 0.154 e. The summed E-state index contributed by atoms with van der Waals surface area (Å²) in [5, 5.41) is 5.87. The Balaban J connectivity index is 2.21. The van der Waals surface area contributed by atoms with Crippen LogP contribution in [-0.4, -0.2) is 16.1 Å². The number of halogens is 1. The lowest BCUT2D eigenvalue weighted by atomic mass is 10.2. The van der Waals surface area contributed by atoms with Gasteiger partial charge in [-0.15, -0.1) is 11.8 Å². The molecule has 1 aromatic heterocycles. The first-order chi connectivity index (χ1) is 8.63. The van der Waals surface area contributed by atoms with E-state index in [1.807, 2.05) is 38.2 Å². The van der Waals surface area contributed by atoms with Gasteiger partial charge in [-0.2, -0.15) is 5.10 Å². The van der Waals surface area contributed by atoms with E-state index in [1.165, 1.54) is 0 Å². The zero-order chi connectivity index (χ0) is 13.1. The van der Waals surface area contributed by atoms with Gasteiger partial charge in [-0.3, -0.25) is 9.48 Å². The molecule has 0 N–H and O–H groups in total. The number of hydrogen-bond acceptors (Lipinski definition) is 3. The molecule has 2 aromatic rings. The Labute approximate surface area is 115 Å². The summed E-state index contributed by atoms with van der Waals surface area (Å²) in [4.78, 5) is 11.0. The summed E-state index contributed by atoms with van der Waals surface area (Å²) in [6, 6.07) is 7.71. The molecule has 0 spiro atoms. The third-order valence-electron chi connectivity index (χ3n) is 2.65. The van der Waals surface area contributed by atoms with Crippen molar-refractivity contribution in [3.8, 4) is 0 Å². The number of aryl methyl sites for hydroxylation is 2. The summed E-state index contributed by atoms with van der Waals surface area (Å²) >= 11 is 7.67. The fraction of sp³-hybridized carbons (Fsp3) is 0.231.